The molecule has 0 aliphatic heterocycles. The van der Waals surface area contributed by atoms with Gasteiger partial charge in [-0.3, -0.25) is 9.59 Å². The molecule has 7 heteroatoms. The van der Waals surface area contributed by atoms with Crippen molar-refractivity contribution in [3.8, 4) is 11.3 Å². The van der Waals surface area contributed by atoms with Gasteiger partial charge in [-0.2, -0.15) is 5.10 Å². The van der Waals surface area contributed by atoms with E-state index in [1.54, 1.807) is 18.2 Å². The molecular weight excluding hydrogens is 418 g/mol. The minimum absolute atomic E-state index is 0.142. The van der Waals surface area contributed by atoms with E-state index >= 15 is 0 Å². The van der Waals surface area contributed by atoms with Gasteiger partial charge in [0.2, 0.25) is 5.91 Å². The Morgan fingerprint density at radius 3 is 2.42 bits per heavy atom. The minimum Gasteiger partial charge on any atom is -0.350 e. The van der Waals surface area contributed by atoms with Gasteiger partial charge in [0.1, 0.15) is 6.54 Å². The van der Waals surface area contributed by atoms with E-state index in [9.17, 15) is 9.59 Å². The summed E-state index contributed by atoms with van der Waals surface area (Å²) in [5.41, 5.74) is 2.09. The lowest BCUT2D eigenvalue weighted by Crippen LogP contribution is -2.33. The van der Waals surface area contributed by atoms with Crippen molar-refractivity contribution in [1.82, 2.24) is 15.1 Å². The van der Waals surface area contributed by atoms with Crippen LogP contribution in [0.5, 0.6) is 0 Å². The Bertz CT molecular complexity index is 969. The maximum absolute atomic E-state index is 12.2. The average molecular weight is 433 g/mol. The standard InChI is InChI=1S/C19H15BrClN3O2/c20-15-5-3-14(4-6-15)17-9-10-19(26)24(23-17)12-18(25)22-11-13-1-7-16(21)8-2-13/h1-10H,11-12H2,(H,22,25). The lowest BCUT2D eigenvalue weighted by molar-refractivity contribution is -0.122. The van der Waals surface area contributed by atoms with Crippen molar-refractivity contribution in [1.29, 1.82) is 0 Å². The highest BCUT2D eigenvalue weighted by atomic mass is 79.9. The molecule has 26 heavy (non-hydrogen) atoms. The van der Waals surface area contributed by atoms with Crippen molar-refractivity contribution in [2.24, 2.45) is 0 Å². The van der Waals surface area contributed by atoms with Crippen LogP contribution < -0.4 is 10.9 Å². The molecule has 1 aromatic heterocycles. The number of benzene rings is 2. The largest absolute Gasteiger partial charge is 0.350 e. The molecule has 3 aromatic rings. The van der Waals surface area contributed by atoms with Gasteiger partial charge >= 0.3 is 0 Å². The van der Waals surface area contributed by atoms with Crippen LogP contribution in [0.4, 0.5) is 0 Å². The Hall–Kier alpha value is -2.44. The van der Waals surface area contributed by atoms with Crippen molar-refractivity contribution in [3.63, 3.8) is 0 Å². The normalized spacial score (nSPS) is 10.5. The molecule has 0 bridgehead atoms. The van der Waals surface area contributed by atoms with Crippen LogP contribution in [0.25, 0.3) is 11.3 Å². The van der Waals surface area contributed by atoms with Gasteiger partial charge in [-0.05, 0) is 35.9 Å². The first-order valence-electron chi connectivity index (χ1n) is 7.86. The van der Waals surface area contributed by atoms with Gasteiger partial charge in [0, 0.05) is 27.7 Å². The highest BCUT2D eigenvalue weighted by molar-refractivity contribution is 9.10. The molecule has 0 aliphatic rings. The van der Waals surface area contributed by atoms with Crippen molar-refractivity contribution in [3.05, 3.63) is 86.1 Å². The summed E-state index contributed by atoms with van der Waals surface area (Å²) >= 11 is 9.22. The number of amides is 1. The third-order valence-corrected chi connectivity index (χ3v) is 4.48. The lowest BCUT2D eigenvalue weighted by atomic mass is 10.1. The molecule has 0 radical (unpaired) electrons. The number of rotatable bonds is 5. The molecule has 5 nitrogen and oxygen atoms in total. The number of aromatic nitrogens is 2. The Morgan fingerprint density at radius 2 is 1.73 bits per heavy atom. The minimum atomic E-state index is -0.326. The zero-order valence-electron chi connectivity index (χ0n) is 13.7. The van der Waals surface area contributed by atoms with Gasteiger partial charge in [0.25, 0.3) is 5.56 Å². The number of hydrogen-bond donors (Lipinski definition) is 1. The molecule has 0 saturated heterocycles. The van der Waals surface area contributed by atoms with Crippen LogP contribution in [0, 0.1) is 0 Å². The van der Waals surface area contributed by atoms with Crippen LogP contribution in [0.2, 0.25) is 5.02 Å². The molecule has 0 aliphatic carbocycles. The molecule has 0 fully saturated rings. The number of nitrogens with zero attached hydrogens (tertiary/aromatic N) is 2. The number of carbonyl (C=O) groups is 1. The predicted molar refractivity (Wildman–Crippen MR) is 105 cm³/mol. The first-order chi connectivity index (χ1) is 12.5. The van der Waals surface area contributed by atoms with E-state index in [1.807, 2.05) is 36.4 Å². The van der Waals surface area contributed by atoms with Crippen LogP contribution in [0.1, 0.15) is 5.56 Å². The van der Waals surface area contributed by atoms with Gasteiger partial charge in [0.05, 0.1) is 5.69 Å². The maximum atomic E-state index is 12.2. The first kappa shape index (κ1) is 18.4. The molecule has 2 aromatic carbocycles. The Balaban J connectivity index is 1.69. The summed E-state index contributed by atoms with van der Waals surface area (Å²) in [5.74, 6) is -0.289. The fourth-order valence-corrected chi connectivity index (χ4v) is 2.72. The Morgan fingerprint density at radius 1 is 1.04 bits per heavy atom. The van der Waals surface area contributed by atoms with Crippen LogP contribution in [0.15, 0.2) is 69.9 Å². The summed E-state index contributed by atoms with van der Waals surface area (Å²) in [5, 5.41) is 7.70. The number of nitrogens with one attached hydrogen (secondary N) is 1. The molecule has 0 unspecified atom stereocenters. The molecule has 132 valence electrons. The molecule has 1 heterocycles. The highest BCUT2D eigenvalue weighted by Gasteiger charge is 2.08. The quantitative estimate of drug-likeness (QED) is 0.669. The van der Waals surface area contributed by atoms with Crippen LogP contribution in [-0.4, -0.2) is 15.7 Å². The van der Waals surface area contributed by atoms with Crippen LogP contribution in [0.3, 0.4) is 0 Å². The van der Waals surface area contributed by atoms with Gasteiger partial charge in [-0.25, -0.2) is 4.68 Å². The van der Waals surface area contributed by atoms with Gasteiger partial charge in [-0.15, -0.1) is 0 Å². The van der Waals surface area contributed by atoms with Crippen LogP contribution >= 0.6 is 27.5 Å². The van der Waals surface area contributed by atoms with E-state index in [4.69, 9.17) is 11.6 Å². The van der Waals surface area contributed by atoms with E-state index in [2.05, 4.69) is 26.3 Å². The van der Waals surface area contributed by atoms with E-state index in [0.717, 1.165) is 20.3 Å². The lowest BCUT2D eigenvalue weighted by Gasteiger charge is -2.08. The van der Waals surface area contributed by atoms with Gasteiger partial charge in [-0.1, -0.05) is 51.8 Å². The third kappa shape index (κ3) is 4.80. The fourth-order valence-electron chi connectivity index (χ4n) is 2.33. The molecule has 0 saturated carbocycles. The monoisotopic (exact) mass is 431 g/mol. The number of halogens is 2. The molecule has 1 N–H and O–H groups in total. The second-order valence-corrected chi connectivity index (χ2v) is 6.98. The maximum Gasteiger partial charge on any atom is 0.267 e. The Kier molecular flexibility index (Phi) is 5.85. The van der Waals surface area contributed by atoms with Gasteiger partial charge < -0.3 is 5.32 Å². The summed E-state index contributed by atoms with van der Waals surface area (Å²) in [7, 11) is 0. The fraction of sp³-hybridized carbons (Fsp3) is 0.105. The summed E-state index contributed by atoms with van der Waals surface area (Å²) in [6.07, 6.45) is 0. The van der Waals surface area contributed by atoms with Crippen molar-refractivity contribution >= 4 is 33.4 Å². The van der Waals surface area contributed by atoms with E-state index in [1.165, 1.54) is 6.07 Å². The second kappa shape index (κ2) is 8.29. The zero-order valence-corrected chi connectivity index (χ0v) is 16.0. The highest BCUT2D eigenvalue weighted by Crippen LogP contribution is 2.18. The van der Waals surface area contributed by atoms with E-state index < -0.39 is 0 Å². The second-order valence-electron chi connectivity index (χ2n) is 5.62. The van der Waals surface area contributed by atoms with Crippen LogP contribution in [-0.2, 0) is 17.9 Å². The van der Waals surface area contributed by atoms with Crippen molar-refractivity contribution in [2.45, 2.75) is 13.1 Å². The van der Waals surface area contributed by atoms with Crippen molar-refractivity contribution in [2.75, 3.05) is 0 Å². The summed E-state index contributed by atoms with van der Waals surface area (Å²) in [6, 6.07) is 17.8. The van der Waals surface area contributed by atoms with E-state index in [0.29, 0.717) is 17.3 Å². The average Bonchev–Trinajstić information content (AvgIpc) is 2.64. The summed E-state index contributed by atoms with van der Waals surface area (Å²) in [4.78, 5) is 24.2. The third-order valence-electron chi connectivity index (χ3n) is 3.70. The van der Waals surface area contributed by atoms with Crippen molar-refractivity contribution < 1.29 is 4.79 Å². The van der Waals surface area contributed by atoms with E-state index in [-0.39, 0.29) is 18.0 Å². The zero-order chi connectivity index (χ0) is 18.5. The molecule has 0 spiro atoms. The Labute approximate surface area is 163 Å². The smallest absolute Gasteiger partial charge is 0.267 e. The molecule has 3 rings (SSSR count). The predicted octanol–water partition coefficient (Wildman–Crippen LogP) is 3.64. The molecule has 0 atom stereocenters. The molecule has 1 amide bonds. The SMILES string of the molecule is O=C(Cn1nc(-c2ccc(Br)cc2)ccc1=O)NCc1ccc(Cl)cc1. The summed E-state index contributed by atoms with van der Waals surface area (Å²) < 4.78 is 2.12. The molecular formula is C19H15BrClN3O2. The number of carbonyl (C=O) groups excluding carboxylic acids is 1. The first-order valence-corrected chi connectivity index (χ1v) is 9.03. The van der Waals surface area contributed by atoms with Gasteiger partial charge in [0.15, 0.2) is 0 Å². The topological polar surface area (TPSA) is 64.0 Å². The number of hydrogen-bond acceptors (Lipinski definition) is 3. The summed E-state index contributed by atoms with van der Waals surface area (Å²) in [6.45, 7) is 0.216.